The summed E-state index contributed by atoms with van der Waals surface area (Å²) in [5.74, 6) is 0. The minimum atomic E-state index is -0.0829. The Labute approximate surface area is 128 Å². The molecule has 0 unspecified atom stereocenters. The molecule has 0 aliphatic carbocycles. The number of rotatable bonds is 4. The maximum Gasteiger partial charge on any atom is 0.280 e. The van der Waals surface area contributed by atoms with Crippen molar-refractivity contribution in [3.05, 3.63) is 87.8 Å². The van der Waals surface area contributed by atoms with E-state index in [0.717, 1.165) is 16.9 Å². The van der Waals surface area contributed by atoms with E-state index in [-0.39, 0.29) is 5.56 Å². The number of aliphatic imine (C=N–C) groups is 1. The van der Waals surface area contributed by atoms with Crippen LogP contribution in [0, 0.1) is 6.92 Å². The van der Waals surface area contributed by atoms with Gasteiger partial charge in [0.1, 0.15) is 0 Å². The average molecular weight is 291 g/mol. The Hall–Kier alpha value is -2.88. The van der Waals surface area contributed by atoms with Gasteiger partial charge in [0.15, 0.2) is 0 Å². The smallest absolute Gasteiger partial charge is 0.280 e. The van der Waals surface area contributed by atoms with Gasteiger partial charge in [-0.3, -0.25) is 14.9 Å². The van der Waals surface area contributed by atoms with Gasteiger partial charge in [-0.25, -0.2) is 4.68 Å². The van der Waals surface area contributed by atoms with Crippen molar-refractivity contribution in [3.8, 4) is 5.69 Å². The third kappa shape index (κ3) is 2.91. The molecule has 0 saturated carbocycles. The Morgan fingerprint density at radius 2 is 1.68 bits per heavy atom. The van der Waals surface area contributed by atoms with Crippen LogP contribution in [0.15, 0.2) is 70.5 Å². The molecule has 2 aromatic carbocycles. The summed E-state index contributed by atoms with van der Waals surface area (Å²) >= 11 is 0. The molecule has 22 heavy (non-hydrogen) atoms. The van der Waals surface area contributed by atoms with E-state index in [4.69, 9.17) is 0 Å². The molecule has 0 saturated heterocycles. The first-order chi connectivity index (χ1) is 10.8. The Morgan fingerprint density at radius 1 is 1.05 bits per heavy atom. The van der Waals surface area contributed by atoms with E-state index < -0.39 is 0 Å². The molecule has 0 aliphatic rings. The van der Waals surface area contributed by atoms with E-state index >= 15 is 0 Å². The van der Waals surface area contributed by atoms with Gasteiger partial charge < -0.3 is 0 Å². The number of aromatic nitrogens is 2. The normalized spacial score (nSPS) is 11.1. The van der Waals surface area contributed by atoms with Crippen LogP contribution in [0.5, 0.6) is 0 Å². The molecular formula is C18H17N3O. The summed E-state index contributed by atoms with van der Waals surface area (Å²) < 4.78 is 1.54. The van der Waals surface area contributed by atoms with Crippen LogP contribution in [0.3, 0.4) is 0 Å². The zero-order valence-electron chi connectivity index (χ0n) is 12.4. The average Bonchev–Trinajstić information content (AvgIpc) is 2.85. The summed E-state index contributed by atoms with van der Waals surface area (Å²) in [5, 5.41) is 3.09. The second kappa shape index (κ2) is 6.26. The highest BCUT2D eigenvalue weighted by molar-refractivity contribution is 5.80. The quantitative estimate of drug-likeness (QED) is 0.738. The van der Waals surface area contributed by atoms with E-state index in [9.17, 15) is 4.79 Å². The summed E-state index contributed by atoms with van der Waals surface area (Å²) in [7, 11) is 0. The fourth-order valence-electron chi connectivity index (χ4n) is 2.30. The predicted molar refractivity (Wildman–Crippen MR) is 88.9 cm³/mol. The molecule has 4 heteroatoms. The first-order valence-electron chi connectivity index (χ1n) is 7.16. The van der Waals surface area contributed by atoms with Crippen molar-refractivity contribution in [2.45, 2.75) is 13.5 Å². The van der Waals surface area contributed by atoms with E-state index in [0.29, 0.717) is 12.1 Å². The van der Waals surface area contributed by atoms with E-state index in [1.54, 1.807) is 10.9 Å². The Kier molecular flexibility index (Phi) is 4.01. The van der Waals surface area contributed by atoms with Gasteiger partial charge in [-0.1, -0.05) is 48.5 Å². The monoisotopic (exact) mass is 291 g/mol. The van der Waals surface area contributed by atoms with Gasteiger partial charge in [-0.15, -0.1) is 0 Å². The van der Waals surface area contributed by atoms with Gasteiger partial charge in [0.2, 0.25) is 0 Å². The number of aryl methyl sites for hydroxylation is 1. The number of para-hydroxylation sites is 1. The van der Waals surface area contributed by atoms with Crippen molar-refractivity contribution < 1.29 is 0 Å². The molecule has 1 heterocycles. The van der Waals surface area contributed by atoms with Crippen molar-refractivity contribution in [1.82, 2.24) is 9.78 Å². The molecule has 1 aromatic heterocycles. The minimum absolute atomic E-state index is 0.0829. The maximum atomic E-state index is 12.5. The summed E-state index contributed by atoms with van der Waals surface area (Å²) in [6.07, 6.45) is 1.65. The number of H-pyrrole nitrogens is 1. The number of nitrogens with one attached hydrogen (secondary N) is 1. The third-order valence-corrected chi connectivity index (χ3v) is 3.47. The van der Waals surface area contributed by atoms with Gasteiger partial charge in [-0.05, 0) is 24.6 Å². The molecule has 0 spiro atoms. The molecule has 110 valence electrons. The molecule has 0 atom stereocenters. The Morgan fingerprint density at radius 3 is 2.36 bits per heavy atom. The van der Waals surface area contributed by atoms with E-state index in [1.807, 2.05) is 67.6 Å². The van der Waals surface area contributed by atoms with E-state index in [1.165, 1.54) is 0 Å². The van der Waals surface area contributed by atoms with Crippen LogP contribution in [0.4, 0.5) is 0 Å². The zero-order valence-corrected chi connectivity index (χ0v) is 12.4. The lowest BCUT2D eigenvalue weighted by atomic mass is 10.2. The largest absolute Gasteiger partial charge is 0.295 e. The molecule has 0 aliphatic heterocycles. The maximum absolute atomic E-state index is 12.5. The molecule has 3 rings (SSSR count). The van der Waals surface area contributed by atoms with Gasteiger partial charge in [0.05, 0.1) is 17.8 Å². The highest BCUT2D eigenvalue weighted by atomic mass is 16.1. The van der Waals surface area contributed by atoms with Crippen molar-refractivity contribution in [3.63, 3.8) is 0 Å². The van der Waals surface area contributed by atoms with Crippen LogP contribution < -0.4 is 5.56 Å². The van der Waals surface area contributed by atoms with Crippen LogP contribution >= 0.6 is 0 Å². The van der Waals surface area contributed by atoms with Crippen LogP contribution in [0.2, 0.25) is 0 Å². The number of hydrogen-bond acceptors (Lipinski definition) is 2. The molecule has 0 amide bonds. The fourth-order valence-corrected chi connectivity index (χ4v) is 2.30. The zero-order chi connectivity index (χ0) is 15.4. The number of hydrogen-bond donors (Lipinski definition) is 1. The second-order valence-electron chi connectivity index (χ2n) is 5.08. The van der Waals surface area contributed by atoms with Gasteiger partial charge in [0.25, 0.3) is 5.56 Å². The molecular weight excluding hydrogens is 274 g/mol. The highest BCUT2D eigenvalue weighted by Gasteiger charge is 2.09. The molecule has 3 aromatic rings. The third-order valence-electron chi connectivity index (χ3n) is 3.47. The number of benzene rings is 2. The van der Waals surface area contributed by atoms with Crippen molar-refractivity contribution in [2.24, 2.45) is 4.99 Å². The SMILES string of the molecule is Cc1[nH]n(-c2ccccc2)c(=O)c1C=NCc1ccccc1. The molecule has 0 radical (unpaired) electrons. The summed E-state index contributed by atoms with van der Waals surface area (Å²) in [4.78, 5) is 16.9. The van der Waals surface area contributed by atoms with Gasteiger partial charge in [-0.2, -0.15) is 0 Å². The lowest BCUT2D eigenvalue weighted by Crippen LogP contribution is -2.17. The first-order valence-corrected chi connectivity index (χ1v) is 7.16. The van der Waals surface area contributed by atoms with Crippen LogP contribution in [-0.2, 0) is 6.54 Å². The Bertz CT molecular complexity index is 830. The minimum Gasteiger partial charge on any atom is -0.295 e. The molecule has 1 N–H and O–H groups in total. The summed E-state index contributed by atoms with van der Waals surface area (Å²) in [6.45, 7) is 2.45. The fraction of sp³-hybridized carbons (Fsp3) is 0.111. The topological polar surface area (TPSA) is 50.1 Å². The molecule has 0 bridgehead atoms. The predicted octanol–water partition coefficient (Wildman–Crippen LogP) is 3.09. The van der Waals surface area contributed by atoms with Crippen LogP contribution in [0.1, 0.15) is 16.8 Å². The summed E-state index contributed by atoms with van der Waals surface area (Å²) in [5.41, 5.74) is 3.26. The highest BCUT2D eigenvalue weighted by Crippen LogP contribution is 2.06. The van der Waals surface area contributed by atoms with Crippen LogP contribution in [0.25, 0.3) is 5.69 Å². The Balaban J connectivity index is 1.86. The standard InChI is InChI=1S/C18H17N3O/c1-14-17(13-19-12-15-8-4-2-5-9-15)18(22)21(20-14)16-10-6-3-7-11-16/h2-11,13,20H,12H2,1H3. The summed E-state index contributed by atoms with van der Waals surface area (Å²) in [6, 6.07) is 19.5. The van der Waals surface area contributed by atoms with Crippen molar-refractivity contribution >= 4 is 6.21 Å². The van der Waals surface area contributed by atoms with Crippen molar-refractivity contribution in [2.75, 3.05) is 0 Å². The van der Waals surface area contributed by atoms with Crippen molar-refractivity contribution in [1.29, 1.82) is 0 Å². The number of aromatic amines is 1. The lowest BCUT2D eigenvalue weighted by molar-refractivity contribution is 0.835. The van der Waals surface area contributed by atoms with Gasteiger partial charge in [0, 0.05) is 11.9 Å². The van der Waals surface area contributed by atoms with Gasteiger partial charge >= 0.3 is 0 Å². The first kappa shape index (κ1) is 14.1. The molecule has 0 fully saturated rings. The van der Waals surface area contributed by atoms with E-state index in [2.05, 4.69) is 10.1 Å². The lowest BCUT2D eigenvalue weighted by Gasteiger charge is -1.99. The number of nitrogens with zero attached hydrogens (tertiary/aromatic N) is 2. The van der Waals surface area contributed by atoms with Crippen LogP contribution in [-0.4, -0.2) is 16.0 Å². The molecule has 4 nitrogen and oxygen atoms in total. The second-order valence-corrected chi connectivity index (χ2v) is 5.08.